The first kappa shape index (κ1) is 14.8. The molecule has 6 heteroatoms. The van der Waals surface area contributed by atoms with Crippen molar-refractivity contribution in [3.05, 3.63) is 34.7 Å². The van der Waals surface area contributed by atoms with E-state index in [1.165, 1.54) is 4.57 Å². The third kappa shape index (κ3) is 2.54. The van der Waals surface area contributed by atoms with Gasteiger partial charge in [-0.25, -0.2) is 4.79 Å². The molecule has 0 radical (unpaired) electrons. The number of aliphatic hydroxyl groups is 1. The van der Waals surface area contributed by atoms with Crippen molar-refractivity contribution in [2.24, 2.45) is 5.41 Å². The number of rotatable bonds is 6. The Kier molecular flexibility index (Phi) is 3.78. The second kappa shape index (κ2) is 5.61. The van der Waals surface area contributed by atoms with Crippen LogP contribution >= 0.6 is 0 Å². The molecule has 1 amide bonds. The van der Waals surface area contributed by atoms with Gasteiger partial charge in [0.1, 0.15) is 6.54 Å². The number of para-hydroxylation sites is 2. The summed E-state index contributed by atoms with van der Waals surface area (Å²) in [4.78, 5) is 24.6. The number of aryl methyl sites for hydroxylation is 1. The van der Waals surface area contributed by atoms with Crippen molar-refractivity contribution in [1.29, 1.82) is 0 Å². The monoisotopic (exact) mass is 303 g/mol. The van der Waals surface area contributed by atoms with Crippen molar-refractivity contribution in [1.82, 2.24) is 14.5 Å². The highest BCUT2D eigenvalue weighted by molar-refractivity contribution is 5.81. The Hall–Kier alpha value is -2.08. The fourth-order valence-electron chi connectivity index (χ4n) is 2.78. The number of aromatic nitrogens is 2. The van der Waals surface area contributed by atoms with Crippen LogP contribution in [0.3, 0.4) is 0 Å². The van der Waals surface area contributed by atoms with Crippen LogP contribution in [0.5, 0.6) is 0 Å². The lowest BCUT2D eigenvalue weighted by molar-refractivity contribution is -0.122. The fourth-order valence-corrected chi connectivity index (χ4v) is 2.78. The molecular weight excluding hydrogens is 282 g/mol. The molecule has 1 aliphatic carbocycles. The lowest BCUT2D eigenvalue weighted by atomic mass is 10.1. The predicted molar refractivity (Wildman–Crippen MR) is 83.6 cm³/mol. The van der Waals surface area contributed by atoms with Gasteiger partial charge >= 0.3 is 5.69 Å². The minimum absolute atomic E-state index is 0.00779. The van der Waals surface area contributed by atoms with Crippen molar-refractivity contribution in [2.75, 3.05) is 13.2 Å². The van der Waals surface area contributed by atoms with Crippen molar-refractivity contribution < 1.29 is 9.90 Å². The van der Waals surface area contributed by atoms with Gasteiger partial charge in [0.15, 0.2) is 0 Å². The largest absolute Gasteiger partial charge is 0.396 e. The molecule has 22 heavy (non-hydrogen) atoms. The topological polar surface area (TPSA) is 76.3 Å². The Labute approximate surface area is 128 Å². The molecule has 0 saturated heterocycles. The first-order valence-electron chi connectivity index (χ1n) is 7.66. The summed E-state index contributed by atoms with van der Waals surface area (Å²) in [6.45, 7) is 3.07. The Morgan fingerprint density at radius 2 is 1.91 bits per heavy atom. The van der Waals surface area contributed by atoms with Crippen LogP contribution in [0.2, 0.25) is 0 Å². The molecule has 1 fully saturated rings. The summed E-state index contributed by atoms with van der Waals surface area (Å²) in [5, 5.41) is 12.1. The third-order valence-corrected chi connectivity index (χ3v) is 4.50. The van der Waals surface area contributed by atoms with Gasteiger partial charge < -0.3 is 10.4 Å². The molecule has 0 atom stereocenters. The Balaban J connectivity index is 1.80. The maximum absolute atomic E-state index is 12.4. The molecule has 3 rings (SSSR count). The molecule has 0 spiro atoms. The standard InChI is InChI=1S/C16H21N3O3/c1-2-18-12-5-3-4-6-13(12)19(15(18)22)9-14(21)17-10-16(11-20)7-8-16/h3-6,20H,2,7-11H2,1H3,(H,17,21). The summed E-state index contributed by atoms with van der Waals surface area (Å²) in [7, 11) is 0. The number of amides is 1. The van der Waals surface area contributed by atoms with E-state index in [0.29, 0.717) is 13.1 Å². The van der Waals surface area contributed by atoms with Crippen LogP contribution < -0.4 is 11.0 Å². The van der Waals surface area contributed by atoms with Gasteiger partial charge in [-0.3, -0.25) is 13.9 Å². The number of imidazole rings is 1. The maximum Gasteiger partial charge on any atom is 0.329 e. The quantitative estimate of drug-likeness (QED) is 0.825. The van der Waals surface area contributed by atoms with E-state index in [4.69, 9.17) is 0 Å². The summed E-state index contributed by atoms with van der Waals surface area (Å²) in [5.74, 6) is -0.194. The second-order valence-corrected chi connectivity index (χ2v) is 6.04. The van der Waals surface area contributed by atoms with Crippen LogP contribution in [0, 0.1) is 5.41 Å². The zero-order chi connectivity index (χ0) is 15.7. The smallest absolute Gasteiger partial charge is 0.329 e. The Morgan fingerprint density at radius 1 is 1.27 bits per heavy atom. The zero-order valence-corrected chi connectivity index (χ0v) is 12.7. The number of hydrogen-bond donors (Lipinski definition) is 2. The van der Waals surface area contributed by atoms with Gasteiger partial charge in [-0.1, -0.05) is 12.1 Å². The number of benzene rings is 1. The molecule has 1 aromatic carbocycles. The molecular formula is C16H21N3O3. The molecule has 1 aliphatic rings. The van der Waals surface area contributed by atoms with E-state index in [0.717, 1.165) is 23.9 Å². The number of nitrogens with zero attached hydrogens (tertiary/aromatic N) is 2. The van der Waals surface area contributed by atoms with E-state index in [2.05, 4.69) is 5.32 Å². The van der Waals surface area contributed by atoms with E-state index in [1.54, 1.807) is 4.57 Å². The summed E-state index contributed by atoms with van der Waals surface area (Å²) in [5.41, 5.74) is 1.32. The highest BCUT2D eigenvalue weighted by Gasteiger charge is 2.42. The summed E-state index contributed by atoms with van der Waals surface area (Å²) >= 11 is 0. The van der Waals surface area contributed by atoms with Crippen LogP contribution in [-0.2, 0) is 17.9 Å². The third-order valence-electron chi connectivity index (χ3n) is 4.50. The second-order valence-electron chi connectivity index (χ2n) is 6.04. The fraction of sp³-hybridized carbons (Fsp3) is 0.500. The van der Waals surface area contributed by atoms with E-state index >= 15 is 0 Å². The normalized spacial score (nSPS) is 15.9. The molecule has 2 aromatic rings. The van der Waals surface area contributed by atoms with Crippen LogP contribution in [0.25, 0.3) is 11.0 Å². The number of fused-ring (bicyclic) bond motifs is 1. The molecule has 0 aliphatic heterocycles. The minimum atomic E-state index is -0.194. The molecule has 2 N–H and O–H groups in total. The minimum Gasteiger partial charge on any atom is -0.396 e. The van der Waals surface area contributed by atoms with Crippen LogP contribution in [0.1, 0.15) is 19.8 Å². The predicted octanol–water partition coefficient (Wildman–Crippen LogP) is 0.712. The van der Waals surface area contributed by atoms with Crippen LogP contribution in [0.15, 0.2) is 29.1 Å². The van der Waals surface area contributed by atoms with E-state index in [9.17, 15) is 14.7 Å². The molecule has 118 valence electrons. The Bertz CT molecular complexity index is 756. The number of nitrogens with one attached hydrogen (secondary N) is 1. The van der Waals surface area contributed by atoms with Gasteiger partial charge in [0.05, 0.1) is 17.6 Å². The highest BCUT2D eigenvalue weighted by atomic mass is 16.3. The van der Waals surface area contributed by atoms with Gasteiger partial charge in [-0.05, 0) is 31.9 Å². The molecule has 1 aromatic heterocycles. The van der Waals surface area contributed by atoms with Crippen molar-refractivity contribution in [3.63, 3.8) is 0 Å². The molecule has 0 bridgehead atoms. The van der Waals surface area contributed by atoms with Gasteiger partial charge in [0.25, 0.3) is 0 Å². The summed E-state index contributed by atoms with van der Waals surface area (Å²) in [6, 6.07) is 7.49. The average Bonchev–Trinajstić information content (AvgIpc) is 3.27. The molecule has 6 nitrogen and oxygen atoms in total. The van der Waals surface area contributed by atoms with E-state index in [1.807, 2.05) is 31.2 Å². The first-order chi connectivity index (χ1) is 10.6. The molecule has 1 heterocycles. The average molecular weight is 303 g/mol. The molecule has 0 unspecified atom stereocenters. The van der Waals surface area contributed by atoms with E-state index < -0.39 is 0 Å². The maximum atomic E-state index is 12.4. The van der Waals surface area contributed by atoms with E-state index in [-0.39, 0.29) is 30.2 Å². The van der Waals surface area contributed by atoms with Gasteiger partial charge in [-0.2, -0.15) is 0 Å². The van der Waals surface area contributed by atoms with Gasteiger partial charge in [0, 0.05) is 18.5 Å². The van der Waals surface area contributed by atoms with Crippen molar-refractivity contribution >= 4 is 16.9 Å². The van der Waals surface area contributed by atoms with Crippen LogP contribution in [-0.4, -0.2) is 33.3 Å². The first-order valence-corrected chi connectivity index (χ1v) is 7.66. The van der Waals surface area contributed by atoms with Crippen LogP contribution in [0.4, 0.5) is 0 Å². The highest BCUT2D eigenvalue weighted by Crippen LogP contribution is 2.44. The number of carbonyl (C=O) groups excluding carboxylic acids is 1. The zero-order valence-electron chi connectivity index (χ0n) is 12.7. The molecule has 1 saturated carbocycles. The van der Waals surface area contributed by atoms with Gasteiger partial charge in [0.2, 0.25) is 5.91 Å². The number of carbonyl (C=O) groups is 1. The number of hydrogen-bond acceptors (Lipinski definition) is 3. The van der Waals surface area contributed by atoms with Crippen molar-refractivity contribution in [3.8, 4) is 0 Å². The summed E-state index contributed by atoms with van der Waals surface area (Å²) in [6.07, 6.45) is 1.89. The lowest BCUT2D eigenvalue weighted by Gasteiger charge is -2.12. The van der Waals surface area contributed by atoms with Crippen molar-refractivity contribution in [2.45, 2.75) is 32.9 Å². The summed E-state index contributed by atoms with van der Waals surface area (Å²) < 4.78 is 3.17. The number of aliphatic hydroxyl groups excluding tert-OH is 1. The lowest BCUT2D eigenvalue weighted by Crippen LogP contribution is -2.36. The Morgan fingerprint density at radius 3 is 2.45 bits per heavy atom. The van der Waals surface area contributed by atoms with Gasteiger partial charge in [-0.15, -0.1) is 0 Å². The SMILES string of the molecule is CCn1c(=O)n(CC(=O)NCC2(CO)CC2)c2ccccc21.